The number of nitrogens with zero attached hydrogens (tertiary/aromatic N) is 3. The van der Waals surface area contributed by atoms with Crippen molar-refractivity contribution in [3.05, 3.63) is 51.7 Å². The van der Waals surface area contributed by atoms with Crippen molar-refractivity contribution in [1.29, 1.82) is 0 Å². The van der Waals surface area contributed by atoms with Crippen LogP contribution < -0.4 is 11.3 Å². The number of nitrogens with two attached hydrogens (primary N) is 1. The normalized spacial score (nSPS) is 15.5. The van der Waals surface area contributed by atoms with E-state index in [4.69, 9.17) is 5.73 Å². The number of amides is 2. The van der Waals surface area contributed by atoms with Crippen molar-refractivity contribution in [1.82, 2.24) is 19.7 Å². The molecule has 2 aromatic rings. The van der Waals surface area contributed by atoms with E-state index in [1.807, 2.05) is 0 Å². The Kier molecular flexibility index (Phi) is 4.20. The summed E-state index contributed by atoms with van der Waals surface area (Å²) in [4.78, 5) is 37.4. The average molecular weight is 329 g/mol. The number of rotatable bonds is 3. The zero-order valence-electron chi connectivity index (χ0n) is 13.4. The molecule has 0 spiro atoms. The molecule has 8 nitrogen and oxygen atoms in total. The third kappa shape index (κ3) is 2.94. The molecule has 0 aromatic carbocycles. The lowest BCUT2D eigenvalue weighted by Gasteiger charge is -2.31. The molecule has 0 radical (unpaired) electrons. The van der Waals surface area contributed by atoms with E-state index in [0.717, 1.165) is 18.5 Å². The Hall–Kier alpha value is -2.90. The molecule has 3 rings (SSSR count). The maximum Gasteiger partial charge on any atom is 0.269 e. The SMILES string of the molecule is Cn1cccc(C(=O)N2CCC(c3cc(C(N)=O)n[nH]3)CC2)c1=O. The van der Waals surface area contributed by atoms with Crippen LogP contribution in [0.4, 0.5) is 0 Å². The van der Waals surface area contributed by atoms with Gasteiger partial charge in [-0.15, -0.1) is 0 Å². The van der Waals surface area contributed by atoms with Crippen LogP contribution in [0.1, 0.15) is 45.3 Å². The van der Waals surface area contributed by atoms with Crippen LogP contribution in [-0.2, 0) is 7.05 Å². The Balaban J connectivity index is 1.68. The fraction of sp³-hybridized carbons (Fsp3) is 0.375. The molecule has 126 valence electrons. The Bertz CT molecular complexity index is 830. The second kappa shape index (κ2) is 6.31. The van der Waals surface area contributed by atoms with Gasteiger partial charge in [0.1, 0.15) is 11.3 Å². The highest BCUT2D eigenvalue weighted by Gasteiger charge is 2.27. The van der Waals surface area contributed by atoms with E-state index in [0.29, 0.717) is 13.1 Å². The number of hydrogen-bond acceptors (Lipinski definition) is 4. The van der Waals surface area contributed by atoms with Crippen molar-refractivity contribution in [3.63, 3.8) is 0 Å². The van der Waals surface area contributed by atoms with Gasteiger partial charge in [-0.05, 0) is 31.0 Å². The predicted octanol–water partition coefficient (Wildman–Crippen LogP) is 0.227. The average Bonchev–Trinajstić information content (AvgIpc) is 3.07. The second-order valence-corrected chi connectivity index (χ2v) is 5.98. The molecule has 1 aliphatic rings. The van der Waals surface area contributed by atoms with Crippen LogP contribution in [0.2, 0.25) is 0 Å². The highest BCUT2D eigenvalue weighted by atomic mass is 16.2. The van der Waals surface area contributed by atoms with Crippen LogP contribution in [0.25, 0.3) is 0 Å². The number of carbonyl (C=O) groups excluding carboxylic acids is 2. The third-order valence-electron chi connectivity index (χ3n) is 4.43. The zero-order valence-corrected chi connectivity index (χ0v) is 13.4. The van der Waals surface area contributed by atoms with Crippen LogP contribution in [0.5, 0.6) is 0 Å². The van der Waals surface area contributed by atoms with Gasteiger partial charge in [-0.3, -0.25) is 19.5 Å². The Morgan fingerprint density at radius 1 is 1.33 bits per heavy atom. The standard InChI is InChI=1S/C16H19N5O3/c1-20-6-2-3-11(15(20)23)16(24)21-7-4-10(5-8-21)12-9-13(14(17)22)19-18-12/h2-3,6,9-10H,4-5,7-8H2,1H3,(H2,17,22)(H,18,19). The summed E-state index contributed by atoms with van der Waals surface area (Å²) in [5.74, 6) is -0.615. The number of aromatic amines is 1. The molecule has 0 saturated carbocycles. The van der Waals surface area contributed by atoms with Gasteiger partial charge >= 0.3 is 0 Å². The first-order chi connectivity index (χ1) is 11.5. The minimum Gasteiger partial charge on any atom is -0.364 e. The zero-order chi connectivity index (χ0) is 17.3. The topological polar surface area (TPSA) is 114 Å². The molecule has 3 N–H and O–H groups in total. The van der Waals surface area contributed by atoms with E-state index >= 15 is 0 Å². The number of carbonyl (C=O) groups is 2. The van der Waals surface area contributed by atoms with E-state index in [2.05, 4.69) is 10.2 Å². The number of aromatic nitrogens is 3. The number of aryl methyl sites for hydroxylation is 1. The minimum absolute atomic E-state index is 0.188. The molecule has 3 heterocycles. The molecule has 2 amide bonds. The van der Waals surface area contributed by atoms with E-state index in [-0.39, 0.29) is 28.6 Å². The molecule has 0 bridgehead atoms. The molecule has 24 heavy (non-hydrogen) atoms. The van der Waals surface area contributed by atoms with Gasteiger partial charge in [0.2, 0.25) is 0 Å². The van der Waals surface area contributed by atoms with E-state index in [1.165, 1.54) is 4.57 Å². The van der Waals surface area contributed by atoms with Gasteiger partial charge in [-0.1, -0.05) is 0 Å². The number of primary amides is 1. The van der Waals surface area contributed by atoms with Crippen LogP contribution in [0.3, 0.4) is 0 Å². The van der Waals surface area contributed by atoms with Crippen molar-refractivity contribution in [2.24, 2.45) is 12.8 Å². The smallest absolute Gasteiger partial charge is 0.269 e. The van der Waals surface area contributed by atoms with Gasteiger partial charge in [0.05, 0.1) is 0 Å². The van der Waals surface area contributed by atoms with E-state index in [1.54, 1.807) is 36.3 Å². The maximum atomic E-state index is 12.5. The van der Waals surface area contributed by atoms with E-state index < -0.39 is 5.91 Å². The molecule has 2 aromatic heterocycles. The summed E-state index contributed by atoms with van der Waals surface area (Å²) in [5, 5.41) is 6.73. The van der Waals surface area contributed by atoms with Crippen molar-refractivity contribution < 1.29 is 9.59 Å². The summed E-state index contributed by atoms with van der Waals surface area (Å²) in [6.07, 6.45) is 3.10. The number of piperidine rings is 1. The minimum atomic E-state index is -0.565. The molecule has 0 aliphatic carbocycles. The second-order valence-electron chi connectivity index (χ2n) is 5.98. The Morgan fingerprint density at radius 3 is 2.67 bits per heavy atom. The molecule has 1 saturated heterocycles. The summed E-state index contributed by atoms with van der Waals surface area (Å²) in [6, 6.07) is 4.92. The number of H-pyrrole nitrogens is 1. The highest BCUT2D eigenvalue weighted by molar-refractivity contribution is 5.94. The lowest BCUT2D eigenvalue weighted by atomic mass is 9.93. The Labute approximate surface area is 138 Å². The van der Waals surface area contributed by atoms with Gasteiger partial charge in [0.15, 0.2) is 0 Å². The first-order valence-corrected chi connectivity index (χ1v) is 7.77. The molecular formula is C16H19N5O3. The Morgan fingerprint density at radius 2 is 2.04 bits per heavy atom. The lowest BCUT2D eigenvalue weighted by molar-refractivity contribution is 0.0709. The maximum absolute atomic E-state index is 12.5. The summed E-state index contributed by atoms with van der Waals surface area (Å²) in [6.45, 7) is 1.10. The monoisotopic (exact) mass is 329 g/mol. The summed E-state index contributed by atoms with van der Waals surface area (Å²) in [7, 11) is 1.62. The van der Waals surface area contributed by atoms with Crippen molar-refractivity contribution >= 4 is 11.8 Å². The first kappa shape index (κ1) is 16.0. The van der Waals surface area contributed by atoms with Gasteiger partial charge in [-0.2, -0.15) is 5.10 Å². The number of nitrogens with one attached hydrogen (secondary N) is 1. The quantitative estimate of drug-likeness (QED) is 0.838. The third-order valence-corrected chi connectivity index (χ3v) is 4.43. The molecule has 1 aliphatic heterocycles. The predicted molar refractivity (Wildman–Crippen MR) is 86.7 cm³/mol. The van der Waals surface area contributed by atoms with Crippen molar-refractivity contribution in [2.45, 2.75) is 18.8 Å². The molecule has 8 heteroatoms. The summed E-state index contributed by atoms with van der Waals surface area (Å²) in [5.41, 5.74) is 6.18. The first-order valence-electron chi connectivity index (χ1n) is 7.77. The van der Waals surface area contributed by atoms with Crippen LogP contribution in [0.15, 0.2) is 29.2 Å². The van der Waals surface area contributed by atoms with Crippen LogP contribution >= 0.6 is 0 Å². The largest absolute Gasteiger partial charge is 0.364 e. The fourth-order valence-electron chi connectivity index (χ4n) is 3.00. The molecule has 0 unspecified atom stereocenters. The summed E-state index contributed by atoms with van der Waals surface area (Å²) >= 11 is 0. The van der Waals surface area contributed by atoms with Crippen LogP contribution in [-0.4, -0.2) is 44.6 Å². The highest BCUT2D eigenvalue weighted by Crippen LogP contribution is 2.27. The van der Waals surface area contributed by atoms with Gasteiger partial charge in [-0.25, -0.2) is 0 Å². The number of hydrogen-bond donors (Lipinski definition) is 2. The number of likely N-dealkylation sites (tertiary alicyclic amines) is 1. The van der Waals surface area contributed by atoms with Gasteiger partial charge in [0, 0.05) is 37.9 Å². The van der Waals surface area contributed by atoms with Crippen LogP contribution in [0, 0.1) is 0 Å². The summed E-state index contributed by atoms with van der Waals surface area (Å²) < 4.78 is 1.40. The van der Waals surface area contributed by atoms with Gasteiger partial charge in [0.25, 0.3) is 17.4 Å². The van der Waals surface area contributed by atoms with E-state index in [9.17, 15) is 14.4 Å². The molecule has 0 atom stereocenters. The lowest BCUT2D eigenvalue weighted by Crippen LogP contribution is -2.40. The van der Waals surface area contributed by atoms with Crippen molar-refractivity contribution in [2.75, 3.05) is 13.1 Å². The fourth-order valence-corrected chi connectivity index (χ4v) is 3.00. The number of pyridine rings is 1. The molecular weight excluding hydrogens is 310 g/mol. The molecule has 1 fully saturated rings. The van der Waals surface area contributed by atoms with Gasteiger partial charge < -0.3 is 15.2 Å². The van der Waals surface area contributed by atoms with Crippen molar-refractivity contribution in [3.8, 4) is 0 Å².